The Morgan fingerprint density at radius 3 is 2.46 bits per heavy atom. The highest BCUT2D eigenvalue weighted by atomic mass is 35.5. The average molecular weight is 403 g/mol. The summed E-state index contributed by atoms with van der Waals surface area (Å²) in [6.45, 7) is 1.48. The second kappa shape index (κ2) is 9.08. The summed E-state index contributed by atoms with van der Waals surface area (Å²) in [5.74, 6) is -0.699. The highest BCUT2D eigenvalue weighted by molar-refractivity contribution is 6.41. The van der Waals surface area contributed by atoms with Crippen molar-refractivity contribution < 1.29 is 19.1 Å². The first-order chi connectivity index (χ1) is 13.6. The number of ether oxygens (including phenoxy) is 2. The fourth-order valence-corrected chi connectivity index (χ4v) is 3.64. The lowest BCUT2D eigenvalue weighted by Crippen LogP contribution is -2.47. The summed E-state index contributed by atoms with van der Waals surface area (Å²) >= 11 is 6.03. The molecule has 2 amide bonds. The quantitative estimate of drug-likeness (QED) is 0.753. The summed E-state index contributed by atoms with van der Waals surface area (Å²) in [4.78, 5) is 24.7. The van der Waals surface area contributed by atoms with Crippen LogP contribution >= 0.6 is 11.6 Å². The van der Waals surface area contributed by atoms with Gasteiger partial charge in [-0.1, -0.05) is 41.9 Å². The molecule has 1 fully saturated rings. The van der Waals surface area contributed by atoms with Gasteiger partial charge in [-0.15, -0.1) is 0 Å². The molecule has 2 aromatic rings. The molecule has 1 saturated heterocycles. The van der Waals surface area contributed by atoms with Crippen LogP contribution in [0, 0.1) is 0 Å². The van der Waals surface area contributed by atoms with Gasteiger partial charge in [-0.05, 0) is 31.0 Å². The standard InChI is InChI=1S/C21H23ClN2O4/c1-27-18-9-5-2-6-15(18)21(10-12-28-13-11-21)14-23-19(25)20(26)24-17-8-4-3-7-16(17)22/h2-9H,10-14H2,1H3,(H,23,25)(H,24,26). The topological polar surface area (TPSA) is 76.7 Å². The van der Waals surface area contributed by atoms with Crippen molar-refractivity contribution in [3.05, 3.63) is 59.1 Å². The first kappa shape index (κ1) is 20.2. The average Bonchev–Trinajstić information content (AvgIpc) is 2.74. The zero-order chi connectivity index (χ0) is 20.0. The minimum Gasteiger partial charge on any atom is -0.496 e. The largest absolute Gasteiger partial charge is 0.496 e. The van der Waals surface area contributed by atoms with E-state index in [0.717, 1.165) is 24.2 Å². The molecular formula is C21H23ClN2O4. The van der Waals surface area contributed by atoms with Crippen molar-refractivity contribution >= 4 is 29.1 Å². The van der Waals surface area contributed by atoms with Crippen molar-refractivity contribution in [1.82, 2.24) is 5.32 Å². The molecule has 0 aromatic heterocycles. The summed E-state index contributed by atoms with van der Waals surface area (Å²) in [5.41, 5.74) is 1.05. The number of methoxy groups -OCH3 is 1. The molecule has 3 rings (SSSR count). The fraction of sp³-hybridized carbons (Fsp3) is 0.333. The minimum absolute atomic E-state index is 0.311. The molecule has 0 saturated carbocycles. The SMILES string of the molecule is COc1ccccc1C1(CNC(=O)C(=O)Nc2ccccc2Cl)CCOCC1. The summed E-state index contributed by atoms with van der Waals surface area (Å²) in [6.07, 6.45) is 1.44. The number of carbonyl (C=O) groups excluding carboxylic acids is 2. The van der Waals surface area contributed by atoms with Gasteiger partial charge in [0.05, 0.1) is 17.8 Å². The molecule has 0 bridgehead atoms. The van der Waals surface area contributed by atoms with Gasteiger partial charge >= 0.3 is 11.8 Å². The number of benzene rings is 2. The molecule has 7 heteroatoms. The van der Waals surface area contributed by atoms with Crippen LogP contribution in [0.1, 0.15) is 18.4 Å². The Bertz CT molecular complexity index is 850. The Balaban J connectivity index is 1.72. The minimum atomic E-state index is -0.754. The third kappa shape index (κ3) is 4.46. The van der Waals surface area contributed by atoms with Crippen LogP contribution in [0.15, 0.2) is 48.5 Å². The van der Waals surface area contributed by atoms with Crippen LogP contribution in [0.5, 0.6) is 5.75 Å². The molecule has 2 N–H and O–H groups in total. The van der Waals surface area contributed by atoms with Gasteiger partial charge in [0.1, 0.15) is 5.75 Å². The van der Waals surface area contributed by atoms with Crippen LogP contribution in [0.4, 0.5) is 5.69 Å². The number of anilines is 1. The molecular weight excluding hydrogens is 380 g/mol. The molecule has 28 heavy (non-hydrogen) atoms. The molecule has 0 radical (unpaired) electrons. The maximum atomic E-state index is 12.4. The zero-order valence-electron chi connectivity index (χ0n) is 15.7. The second-order valence-electron chi connectivity index (χ2n) is 6.71. The number of hydrogen-bond acceptors (Lipinski definition) is 4. The van der Waals surface area contributed by atoms with Crippen LogP contribution in [-0.2, 0) is 19.7 Å². The number of carbonyl (C=O) groups is 2. The van der Waals surface area contributed by atoms with Crippen molar-refractivity contribution in [1.29, 1.82) is 0 Å². The van der Waals surface area contributed by atoms with Crippen molar-refractivity contribution in [3.63, 3.8) is 0 Å². The molecule has 0 atom stereocenters. The van der Waals surface area contributed by atoms with E-state index in [1.54, 1.807) is 31.4 Å². The summed E-state index contributed by atoms with van der Waals surface area (Å²) in [5, 5.41) is 5.69. The molecule has 2 aromatic carbocycles. The summed E-state index contributed by atoms with van der Waals surface area (Å²) < 4.78 is 11.0. The zero-order valence-corrected chi connectivity index (χ0v) is 16.4. The Morgan fingerprint density at radius 2 is 1.75 bits per heavy atom. The van der Waals surface area contributed by atoms with E-state index < -0.39 is 11.8 Å². The Morgan fingerprint density at radius 1 is 1.07 bits per heavy atom. The van der Waals surface area contributed by atoms with Crippen molar-refractivity contribution in [2.24, 2.45) is 0 Å². The number of halogens is 1. The number of amides is 2. The first-order valence-electron chi connectivity index (χ1n) is 9.11. The lowest BCUT2D eigenvalue weighted by molar-refractivity contribution is -0.136. The highest BCUT2D eigenvalue weighted by Gasteiger charge is 2.37. The van der Waals surface area contributed by atoms with Crippen molar-refractivity contribution in [2.75, 3.05) is 32.2 Å². The smallest absolute Gasteiger partial charge is 0.313 e. The summed E-state index contributed by atoms with van der Waals surface area (Å²) in [6, 6.07) is 14.5. The predicted molar refractivity (Wildman–Crippen MR) is 108 cm³/mol. The van der Waals surface area contributed by atoms with Gasteiger partial charge in [0.15, 0.2) is 0 Å². The predicted octanol–water partition coefficient (Wildman–Crippen LogP) is 3.15. The van der Waals surface area contributed by atoms with Gasteiger partial charge in [-0.25, -0.2) is 0 Å². The number of rotatable bonds is 5. The molecule has 6 nitrogen and oxygen atoms in total. The van der Waals surface area contributed by atoms with E-state index in [1.165, 1.54) is 0 Å². The fourth-order valence-electron chi connectivity index (χ4n) is 3.46. The van der Waals surface area contributed by atoms with Crippen molar-refractivity contribution in [3.8, 4) is 5.75 Å². The van der Waals surface area contributed by atoms with Crippen LogP contribution < -0.4 is 15.4 Å². The Hall–Kier alpha value is -2.57. The highest BCUT2D eigenvalue weighted by Crippen LogP contribution is 2.39. The second-order valence-corrected chi connectivity index (χ2v) is 7.12. The molecule has 0 aliphatic carbocycles. The Kier molecular flexibility index (Phi) is 6.54. The lowest BCUT2D eigenvalue weighted by Gasteiger charge is -2.38. The number of para-hydroxylation sites is 2. The maximum absolute atomic E-state index is 12.4. The van der Waals surface area contributed by atoms with E-state index in [2.05, 4.69) is 10.6 Å². The summed E-state index contributed by atoms with van der Waals surface area (Å²) in [7, 11) is 1.63. The van der Waals surface area contributed by atoms with Crippen LogP contribution in [0.2, 0.25) is 5.02 Å². The molecule has 0 spiro atoms. The molecule has 1 aliphatic rings. The monoisotopic (exact) mass is 402 g/mol. The van der Waals surface area contributed by atoms with Crippen LogP contribution in [-0.4, -0.2) is 38.7 Å². The van der Waals surface area contributed by atoms with Gasteiger partial charge < -0.3 is 20.1 Å². The third-order valence-electron chi connectivity index (χ3n) is 5.04. The van der Waals surface area contributed by atoms with Crippen LogP contribution in [0.3, 0.4) is 0 Å². The van der Waals surface area contributed by atoms with Crippen molar-refractivity contribution in [2.45, 2.75) is 18.3 Å². The van der Waals surface area contributed by atoms with Gasteiger partial charge in [0.25, 0.3) is 0 Å². The molecule has 0 unspecified atom stereocenters. The number of nitrogens with one attached hydrogen (secondary N) is 2. The van der Waals surface area contributed by atoms with E-state index in [4.69, 9.17) is 21.1 Å². The van der Waals surface area contributed by atoms with E-state index in [-0.39, 0.29) is 5.41 Å². The van der Waals surface area contributed by atoms with Crippen LogP contribution in [0.25, 0.3) is 0 Å². The molecule has 148 valence electrons. The maximum Gasteiger partial charge on any atom is 0.313 e. The van der Waals surface area contributed by atoms with Gasteiger partial charge in [0.2, 0.25) is 0 Å². The first-order valence-corrected chi connectivity index (χ1v) is 9.48. The van der Waals surface area contributed by atoms with Gasteiger partial charge in [0, 0.05) is 30.7 Å². The van der Waals surface area contributed by atoms with Gasteiger partial charge in [-0.3, -0.25) is 9.59 Å². The van der Waals surface area contributed by atoms with Gasteiger partial charge in [-0.2, -0.15) is 0 Å². The Labute approximate surface area is 169 Å². The third-order valence-corrected chi connectivity index (χ3v) is 5.37. The lowest BCUT2D eigenvalue weighted by atomic mass is 9.73. The van der Waals surface area contributed by atoms with E-state index in [9.17, 15) is 9.59 Å². The van der Waals surface area contributed by atoms with E-state index in [0.29, 0.717) is 30.5 Å². The molecule has 1 aliphatic heterocycles. The van der Waals surface area contributed by atoms with E-state index >= 15 is 0 Å². The van der Waals surface area contributed by atoms with E-state index in [1.807, 2.05) is 24.3 Å². The normalized spacial score (nSPS) is 15.5. The number of hydrogen-bond donors (Lipinski definition) is 2. The molecule has 1 heterocycles.